The van der Waals surface area contributed by atoms with Crippen LogP contribution in [0.3, 0.4) is 0 Å². The number of rotatable bonds is 5. The number of nitrogens with one attached hydrogen (secondary N) is 1. The topological polar surface area (TPSA) is 69.7 Å². The molecule has 0 aliphatic carbocycles. The van der Waals surface area contributed by atoms with Gasteiger partial charge >= 0.3 is 0 Å². The highest BCUT2D eigenvalue weighted by molar-refractivity contribution is 6.13. The van der Waals surface area contributed by atoms with E-state index in [1.807, 2.05) is 73.7 Å². The molecule has 0 bridgehead atoms. The highest BCUT2D eigenvalue weighted by Crippen LogP contribution is 2.36. The van der Waals surface area contributed by atoms with Gasteiger partial charge in [-0.15, -0.1) is 0 Å². The molecule has 1 aliphatic heterocycles. The molecule has 0 radical (unpaired) electrons. The maximum Gasteiger partial charge on any atom is 0.256 e. The van der Waals surface area contributed by atoms with Gasteiger partial charge in [0.25, 0.3) is 5.91 Å². The third-order valence-electron chi connectivity index (χ3n) is 5.06. The van der Waals surface area contributed by atoms with E-state index in [2.05, 4.69) is 5.32 Å². The quantitative estimate of drug-likeness (QED) is 0.483. The Kier molecular flexibility index (Phi) is 4.88. The van der Waals surface area contributed by atoms with Gasteiger partial charge in [0.2, 0.25) is 6.79 Å². The van der Waals surface area contributed by atoms with Crippen LogP contribution in [-0.4, -0.2) is 24.3 Å². The molecule has 2 heterocycles. The molecule has 1 N–H and O–H groups in total. The van der Waals surface area contributed by atoms with Crippen molar-refractivity contribution in [3.8, 4) is 28.5 Å². The fourth-order valence-electron chi connectivity index (χ4n) is 3.61. The van der Waals surface area contributed by atoms with E-state index in [0.717, 1.165) is 16.5 Å². The monoisotopic (exact) mass is 412 g/mol. The normalized spacial score (nSPS) is 12.0. The van der Waals surface area contributed by atoms with Crippen molar-refractivity contribution in [2.75, 3.05) is 18.7 Å². The van der Waals surface area contributed by atoms with E-state index < -0.39 is 0 Å². The average molecular weight is 412 g/mol. The van der Waals surface area contributed by atoms with Crippen molar-refractivity contribution < 1.29 is 19.0 Å². The SMILES string of the molecule is CCOc1ccccc1NC(=O)c1cc(-c2ccc3c(c2)OCO3)nc2ccccc12. The Hall–Kier alpha value is -4.06. The molecule has 3 aromatic carbocycles. The predicted octanol–water partition coefficient (Wildman–Crippen LogP) is 5.28. The van der Waals surface area contributed by atoms with Gasteiger partial charge in [0.1, 0.15) is 5.75 Å². The van der Waals surface area contributed by atoms with Crippen molar-refractivity contribution in [2.24, 2.45) is 0 Å². The van der Waals surface area contributed by atoms with Crippen molar-refractivity contribution in [2.45, 2.75) is 6.92 Å². The number of anilines is 1. The summed E-state index contributed by atoms with van der Waals surface area (Å²) in [4.78, 5) is 18.1. The van der Waals surface area contributed by atoms with Gasteiger partial charge in [0.05, 0.1) is 29.1 Å². The number of para-hydroxylation sites is 3. The summed E-state index contributed by atoms with van der Waals surface area (Å²) in [6.45, 7) is 2.63. The molecule has 0 atom stereocenters. The molecule has 154 valence electrons. The molecular weight excluding hydrogens is 392 g/mol. The van der Waals surface area contributed by atoms with Crippen LogP contribution in [0.2, 0.25) is 0 Å². The van der Waals surface area contributed by atoms with E-state index in [0.29, 0.717) is 40.8 Å². The van der Waals surface area contributed by atoms with Gasteiger partial charge in [-0.05, 0) is 49.4 Å². The molecular formula is C25H20N2O4. The number of hydrogen-bond donors (Lipinski definition) is 1. The number of fused-ring (bicyclic) bond motifs is 2. The first-order valence-electron chi connectivity index (χ1n) is 10.1. The molecule has 5 rings (SSSR count). The zero-order valence-corrected chi connectivity index (χ0v) is 16.9. The molecule has 1 amide bonds. The maximum atomic E-state index is 13.3. The summed E-state index contributed by atoms with van der Waals surface area (Å²) in [7, 11) is 0. The number of pyridine rings is 1. The van der Waals surface area contributed by atoms with E-state index in [1.54, 1.807) is 6.07 Å². The molecule has 1 aliphatic rings. The Balaban J connectivity index is 1.57. The minimum absolute atomic E-state index is 0.205. The average Bonchev–Trinajstić information content (AvgIpc) is 3.28. The van der Waals surface area contributed by atoms with Crippen LogP contribution in [0.4, 0.5) is 5.69 Å². The number of carbonyl (C=O) groups is 1. The third kappa shape index (κ3) is 3.64. The number of benzene rings is 3. The third-order valence-corrected chi connectivity index (χ3v) is 5.06. The van der Waals surface area contributed by atoms with Crippen molar-refractivity contribution in [1.82, 2.24) is 4.98 Å². The minimum atomic E-state index is -0.229. The summed E-state index contributed by atoms with van der Waals surface area (Å²) in [5, 5.41) is 3.76. The van der Waals surface area contributed by atoms with Crippen LogP contribution in [0.1, 0.15) is 17.3 Å². The predicted molar refractivity (Wildman–Crippen MR) is 119 cm³/mol. The van der Waals surface area contributed by atoms with Gasteiger partial charge in [-0.1, -0.05) is 30.3 Å². The minimum Gasteiger partial charge on any atom is -0.492 e. The smallest absolute Gasteiger partial charge is 0.256 e. The summed E-state index contributed by atoms with van der Waals surface area (Å²) in [6, 6.07) is 22.5. The van der Waals surface area contributed by atoms with Gasteiger partial charge in [0, 0.05) is 10.9 Å². The second kappa shape index (κ2) is 7.99. The van der Waals surface area contributed by atoms with E-state index in [1.165, 1.54) is 0 Å². The first kappa shape index (κ1) is 18.9. The Morgan fingerprint density at radius 2 is 1.81 bits per heavy atom. The van der Waals surface area contributed by atoms with E-state index in [-0.39, 0.29) is 12.7 Å². The standard InChI is InChI=1S/C25H20N2O4/c1-2-29-22-10-6-5-9-20(22)27-25(28)18-14-21(26-19-8-4-3-7-17(18)19)16-11-12-23-24(13-16)31-15-30-23/h3-14H,2,15H2,1H3,(H,27,28). The Morgan fingerprint density at radius 3 is 2.71 bits per heavy atom. The summed E-state index contributed by atoms with van der Waals surface area (Å²) >= 11 is 0. The lowest BCUT2D eigenvalue weighted by Gasteiger charge is -2.13. The second-order valence-corrected chi connectivity index (χ2v) is 7.02. The van der Waals surface area contributed by atoms with E-state index >= 15 is 0 Å². The first-order valence-corrected chi connectivity index (χ1v) is 10.1. The lowest BCUT2D eigenvalue weighted by Crippen LogP contribution is -2.14. The Bertz CT molecular complexity index is 1290. The number of ether oxygens (including phenoxy) is 3. The van der Waals surface area contributed by atoms with Gasteiger partial charge in [-0.25, -0.2) is 4.98 Å². The molecule has 4 aromatic rings. The van der Waals surface area contributed by atoms with Crippen LogP contribution in [0, 0.1) is 0 Å². The van der Waals surface area contributed by atoms with Crippen LogP contribution in [0.25, 0.3) is 22.2 Å². The Morgan fingerprint density at radius 1 is 1.00 bits per heavy atom. The van der Waals surface area contributed by atoms with Crippen LogP contribution in [0.15, 0.2) is 72.8 Å². The summed E-state index contributed by atoms with van der Waals surface area (Å²) in [5.41, 5.74) is 3.42. The summed E-state index contributed by atoms with van der Waals surface area (Å²) in [6.07, 6.45) is 0. The Labute approximate surface area is 179 Å². The molecule has 0 saturated heterocycles. The van der Waals surface area contributed by atoms with Gasteiger partial charge in [-0.2, -0.15) is 0 Å². The number of carbonyl (C=O) groups excluding carboxylic acids is 1. The van der Waals surface area contributed by atoms with E-state index in [4.69, 9.17) is 19.2 Å². The van der Waals surface area contributed by atoms with Crippen molar-refractivity contribution in [3.63, 3.8) is 0 Å². The van der Waals surface area contributed by atoms with Gasteiger partial charge in [-0.3, -0.25) is 4.79 Å². The zero-order chi connectivity index (χ0) is 21.2. The fourth-order valence-corrected chi connectivity index (χ4v) is 3.61. The molecule has 6 nitrogen and oxygen atoms in total. The summed E-state index contributed by atoms with van der Waals surface area (Å²) in [5.74, 6) is 1.78. The summed E-state index contributed by atoms with van der Waals surface area (Å²) < 4.78 is 16.5. The molecule has 1 aromatic heterocycles. The molecule has 0 spiro atoms. The van der Waals surface area contributed by atoms with Crippen molar-refractivity contribution in [3.05, 3.63) is 78.4 Å². The van der Waals surface area contributed by atoms with Crippen LogP contribution < -0.4 is 19.5 Å². The van der Waals surface area contributed by atoms with E-state index in [9.17, 15) is 4.79 Å². The van der Waals surface area contributed by atoms with Gasteiger partial charge in [0.15, 0.2) is 11.5 Å². The van der Waals surface area contributed by atoms with Gasteiger partial charge < -0.3 is 19.5 Å². The van der Waals surface area contributed by atoms with Crippen molar-refractivity contribution in [1.29, 1.82) is 0 Å². The number of nitrogens with zero attached hydrogens (tertiary/aromatic N) is 1. The van der Waals surface area contributed by atoms with Crippen LogP contribution in [-0.2, 0) is 0 Å². The molecule has 0 saturated carbocycles. The molecule has 0 unspecified atom stereocenters. The highest BCUT2D eigenvalue weighted by Gasteiger charge is 2.18. The lowest BCUT2D eigenvalue weighted by molar-refractivity contribution is 0.102. The van der Waals surface area contributed by atoms with Crippen LogP contribution in [0.5, 0.6) is 17.2 Å². The largest absolute Gasteiger partial charge is 0.492 e. The van der Waals surface area contributed by atoms with Crippen molar-refractivity contribution >= 4 is 22.5 Å². The molecule has 0 fully saturated rings. The molecule has 6 heteroatoms. The lowest BCUT2D eigenvalue weighted by atomic mass is 10.0. The zero-order valence-electron chi connectivity index (χ0n) is 16.9. The maximum absolute atomic E-state index is 13.3. The molecule has 31 heavy (non-hydrogen) atoms. The van der Waals surface area contributed by atoms with Crippen LogP contribution >= 0.6 is 0 Å². The highest BCUT2D eigenvalue weighted by atomic mass is 16.7. The fraction of sp³-hybridized carbons (Fsp3) is 0.120. The second-order valence-electron chi connectivity index (χ2n) is 7.02. The number of aromatic nitrogens is 1. The first-order chi connectivity index (χ1) is 15.2. The number of hydrogen-bond acceptors (Lipinski definition) is 5. The number of amides is 1.